The van der Waals surface area contributed by atoms with E-state index in [1.165, 1.54) is 0 Å². The highest BCUT2D eigenvalue weighted by molar-refractivity contribution is 8.00. The maximum Gasteiger partial charge on any atom is 0.246 e. The van der Waals surface area contributed by atoms with Crippen molar-refractivity contribution in [1.29, 1.82) is 0 Å². The van der Waals surface area contributed by atoms with Crippen molar-refractivity contribution in [2.45, 2.75) is 159 Å². The third kappa shape index (κ3) is 11.9. The third-order valence-electron chi connectivity index (χ3n) is 17.3. The molecule has 0 aromatic heterocycles. The topological polar surface area (TPSA) is 193 Å². The minimum atomic E-state index is -0.744. The number of hydrogen-bond acceptors (Lipinski definition) is 12. The van der Waals surface area contributed by atoms with Crippen LogP contribution in [0.15, 0.2) is 72.8 Å². The van der Waals surface area contributed by atoms with Crippen LogP contribution in [-0.2, 0) is 54.6 Å². The Balaban J connectivity index is 0.823. The number of carbonyl (C=O) groups excluding carboxylic acids is 6. The van der Waals surface area contributed by atoms with Crippen LogP contribution < -0.4 is 37.2 Å². The van der Waals surface area contributed by atoms with Crippen molar-refractivity contribution in [1.82, 2.24) is 47.0 Å². The minimum absolute atomic E-state index is 0.0577. The lowest BCUT2D eigenvalue weighted by Crippen LogP contribution is -2.58. The number of amides is 5. The zero-order valence-electron chi connectivity index (χ0n) is 46.1. The van der Waals surface area contributed by atoms with Crippen LogP contribution in [0.3, 0.4) is 0 Å². The van der Waals surface area contributed by atoms with Crippen LogP contribution in [-0.4, -0.2) is 128 Å². The van der Waals surface area contributed by atoms with E-state index in [1.54, 1.807) is 33.3 Å². The van der Waals surface area contributed by atoms with Gasteiger partial charge in [-0.3, -0.25) is 28.8 Å². The van der Waals surface area contributed by atoms with Gasteiger partial charge in [0.25, 0.3) is 0 Å². The second-order valence-electron chi connectivity index (χ2n) is 23.5. The first-order valence-corrected chi connectivity index (χ1v) is 30.6. The van der Waals surface area contributed by atoms with Gasteiger partial charge in [-0.2, -0.15) is 0 Å². The zero-order valence-corrected chi connectivity index (χ0v) is 49.4. The van der Waals surface area contributed by atoms with Crippen LogP contribution in [0, 0.1) is 22.7 Å². The lowest BCUT2D eigenvalue weighted by Gasteiger charge is -2.35. The number of nitrogens with zero attached hydrogens (tertiary/aromatic N) is 2. The second-order valence-corrected chi connectivity index (χ2v) is 27.0. The summed E-state index contributed by atoms with van der Waals surface area (Å²) in [4.78, 5) is 91.5. The largest absolute Gasteiger partial charge is 0.367 e. The highest BCUT2D eigenvalue weighted by Crippen LogP contribution is 2.49. The quantitative estimate of drug-likeness (QED) is 0.0799. The van der Waals surface area contributed by atoms with E-state index in [0.717, 1.165) is 44.9 Å². The smallest absolute Gasteiger partial charge is 0.246 e. The van der Waals surface area contributed by atoms with Crippen LogP contribution in [0.5, 0.6) is 0 Å². The molecule has 4 heterocycles. The lowest BCUT2D eigenvalue weighted by atomic mass is 9.83. The molecule has 418 valence electrons. The van der Waals surface area contributed by atoms with Gasteiger partial charge in [0.1, 0.15) is 30.0 Å². The Morgan fingerprint density at radius 1 is 0.615 bits per heavy atom. The molecule has 0 radical (unpaired) electrons. The molecular formula is C59H77N9O6S4. The molecular weight excluding hydrogens is 1060 g/mol. The van der Waals surface area contributed by atoms with Crippen LogP contribution in [0.2, 0.25) is 0 Å². The number of hydrogen-bond donors (Lipinski definition) is 7. The van der Waals surface area contributed by atoms with Crippen molar-refractivity contribution in [3.8, 4) is 0 Å². The number of rotatable bonds is 17. The number of thiocarbonyl (C=S) groups is 2. The molecule has 3 aromatic rings. The van der Waals surface area contributed by atoms with E-state index in [2.05, 4.69) is 51.1 Å². The number of Topliss-reactive ketones (excluding diaryl/α,β-unsaturated/α-hetero) is 1. The van der Waals surface area contributed by atoms with Crippen LogP contribution >= 0.6 is 48.0 Å². The van der Waals surface area contributed by atoms with Gasteiger partial charge in [0.05, 0.1) is 50.8 Å². The molecule has 19 heteroatoms. The minimum Gasteiger partial charge on any atom is -0.367 e. The number of thioether (sulfide) groups is 2. The first kappa shape index (κ1) is 57.8. The van der Waals surface area contributed by atoms with E-state index in [9.17, 15) is 28.8 Å². The Kier molecular flexibility index (Phi) is 17.8. The van der Waals surface area contributed by atoms with E-state index in [-0.39, 0.29) is 71.1 Å². The van der Waals surface area contributed by atoms with Gasteiger partial charge in [-0.25, -0.2) is 0 Å². The number of likely N-dealkylation sites (N-methyl/N-ethyl adjacent to an activating group) is 2. The van der Waals surface area contributed by atoms with Crippen molar-refractivity contribution in [2.75, 3.05) is 25.6 Å². The molecule has 3 aromatic carbocycles. The number of aryl methyl sites for hydroxylation is 1. The average Bonchev–Trinajstić information content (AvgIpc) is 4.19. The van der Waals surface area contributed by atoms with E-state index >= 15 is 0 Å². The Hall–Kier alpha value is -4.92. The zero-order chi connectivity index (χ0) is 55.8. The van der Waals surface area contributed by atoms with Crippen molar-refractivity contribution in [2.24, 2.45) is 22.7 Å². The SMILES string of the molecule is CN[C@@H](C)C(=S)N[C@H]1CCS[C@H]2CC(C)(C)[C@@H](C(=O)N[C@H]3c4ccccc4C[C@H]3C(=O)CCc3ccc(CNC(=O)[C@@H]4Cc5ccccc5[C@@H]4NC(=O)[C@H]4N5C(=O)[C@@H](NC(=S)[C@H](C)NC)CCS[C@H]5CC4(C)C)cc3)N2C1=O. The Bertz CT molecular complexity index is 2630. The lowest BCUT2D eigenvalue weighted by molar-refractivity contribution is -0.143. The molecule has 6 aliphatic rings. The van der Waals surface area contributed by atoms with E-state index in [1.807, 2.05) is 115 Å². The monoisotopic (exact) mass is 1140 g/mol. The van der Waals surface area contributed by atoms with Gasteiger partial charge in [-0.05, 0) is 129 Å². The van der Waals surface area contributed by atoms with Crippen LogP contribution in [0.25, 0.3) is 0 Å². The van der Waals surface area contributed by atoms with Gasteiger partial charge in [0.2, 0.25) is 29.5 Å². The molecule has 9 rings (SSSR count). The van der Waals surface area contributed by atoms with Crippen molar-refractivity contribution in [3.63, 3.8) is 0 Å². The van der Waals surface area contributed by atoms with Crippen LogP contribution in [0.1, 0.15) is 119 Å². The number of carbonyl (C=O) groups is 6. The Labute approximate surface area is 479 Å². The summed E-state index contributed by atoms with van der Waals surface area (Å²) in [6.45, 7) is 12.4. The molecule has 5 amide bonds. The fraction of sp³-hybridized carbons (Fsp3) is 0.559. The summed E-state index contributed by atoms with van der Waals surface area (Å²) in [6.07, 6.45) is 4.28. The van der Waals surface area contributed by atoms with Gasteiger partial charge < -0.3 is 47.0 Å². The van der Waals surface area contributed by atoms with Gasteiger partial charge in [0.15, 0.2) is 0 Å². The standard InChI is InChI=1S/C59H77N9O6S4/c1-32(60-7)54(75)63-42-23-25-77-45-29-58(3,4)49(67(45)56(42)73)52(71)65-47-38-15-11-9-13-36(38)27-40(47)44(69)22-21-34-17-19-35(20-18-34)31-62-51(70)41-28-37-14-10-12-16-39(37)48(41)66-53(72)50-59(5,6)30-46-68(50)57(74)43(24-26-78-46)64-55(76)33(2)61-8/h9-20,32-33,40-43,45-50,60-61H,21-31H2,1-8H3,(H,62,70)(H,63,75)(H,64,76)(H,65,71)(H,66,72)/t32-,33-,40-,41+,42-,43-,45-,46-,47-,48-,49+,50+/m0/s1. The second kappa shape index (κ2) is 24.0. The van der Waals surface area contributed by atoms with Crippen molar-refractivity contribution in [3.05, 3.63) is 106 Å². The number of fused-ring (bicyclic) bond motifs is 4. The first-order chi connectivity index (χ1) is 37.2. The highest BCUT2D eigenvalue weighted by Gasteiger charge is 2.57. The van der Waals surface area contributed by atoms with E-state index in [0.29, 0.717) is 54.9 Å². The fourth-order valence-electron chi connectivity index (χ4n) is 12.7. The fourth-order valence-corrected chi connectivity index (χ4v) is 16.4. The number of ketones is 1. The number of benzene rings is 3. The molecule has 2 aliphatic carbocycles. The van der Waals surface area contributed by atoms with E-state index < -0.39 is 58.9 Å². The molecule has 0 bridgehead atoms. The summed E-state index contributed by atoms with van der Waals surface area (Å²) < 4.78 is 0. The van der Waals surface area contributed by atoms with Gasteiger partial charge >= 0.3 is 0 Å². The molecule has 4 fully saturated rings. The number of nitrogens with one attached hydrogen (secondary N) is 7. The molecule has 0 saturated carbocycles. The maximum atomic E-state index is 14.7. The van der Waals surface area contributed by atoms with E-state index in [4.69, 9.17) is 24.4 Å². The molecule has 7 N–H and O–H groups in total. The predicted molar refractivity (Wildman–Crippen MR) is 317 cm³/mol. The maximum absolute atomic E-state index is 14.7. The highest BCUT2D eigenvalue weighted by atomic mass is 32.2. The molecule has 4 saturated heterocycles. The van der Waals surface area contributed by atoms with Crippen LogP contribution in [0.4, 0.5) is 0 Å². The summed E-state index contributed by atoms with van der Waals surface area (Å²) >= 11 is 14.7. The van der Waals surface area contributed by atoms with Crippen molar-refractivity contribution >= 4 is 93.3 Å². The molecule has 0 spiro atoms. The third-order valence-corrected chi connectivity index (χ3v) is 20.8. The molecule has 12 atom stereocenters. The summed E-state index contributed by atoms with van der Waals surface area (Å²) in [5.41, 5.74) is 4.70. The van der Waals surface area contributed by atoms with Gasteiger partial charge in [-0.15, -0.1) is 23.5 Å². The molecule has 15 nitrogen and oxygen atoms in total. The first-order valence-electron chi connectivity index (χ1n) is 27.7. The average molecular weight is 1140 g/mol. The summed E-state index contributed by atoms with van der Waals surface area (Å²) in [5, 5.41) is 22.3. The Morgan fingerprint density at radius 2 is 1.05 bits per heavy atom. The summed E-state index contributed by atoms with van der Waals surface area (Å²) in [7, 11) is 3.65. The van der Waals surface area contributed by atoms with Gasteiger partial charge in [0, 0.05) is 18.9 Å². The molecule has 4 aliphatic heterocycles. The Morgan fingerprint density at radius 3 is 1.53 bits per heavy atom. The van der Waals surface area contributed by atoms with Crippen molar-refractivity contribution < 1.29 is 28.8 Å². The van der Waals surface area contributed by atoms with Gasteiger partial charge in [-0.1, -0.05) is 125 Å². The molecule has 78 heavy (non-hydrogen) atoms. The predicted octanol–water partition coefficient (Wildman–Crippen LogP) is 5.83. The molecule has 0 unspecified atom stereocenters. The normalized spacial score (nSPS) is 28.4. The summed E-state index contributed by atoms with van der Waals surface area (Å²) in [6, 6.07) is 19.8. The summed E-state index contributed by atoms with van der Waals surface area (Å²) in [5.74, 6) is -0.420.